The SMILES string of the molecule is CC(C)C[C@H](NC(=O)C1(C(F)(F)c2ccccc2)CC(CNC(=O)c2nccc3ccccc23)=NO1)B1O[C@@H]2C[C@@H]3C[C@@H](C3(C)C)[C@]2(C)O1. The third-order valence-corrected chi connectivity index (χ3v) is 11.5. The molecule has 3 aromatic rings. The van der Waals surface area contributed by atoms with Gasteiger partial charge >= 0.3 is 13.0 Å². The van der Waals surface area contributed by atoms with Crippen LogP contribution in [-0.2, 0) is 24.9 Å². The number of pyridine rings is 1. The second-order valence-electron chi connectivity index (χ2n) is 15.3. The molecule has 12 heteroatoms. The Kier molecular flexibility index (Phi) is 8.33. The van der Waals surface area contributed by atoms with Gasteiger partial charge in [-0.25, -0.2) is 0 Å². The van der Waals surface area contributed by atoms with Crippen molar-refractivity contribution in [2.75, 3.05) is 6.54 Å². The number of nitrogens with zero attached hydrogens (tertiary/aromatic N) is 2. The fourth-order valence-electron chi connectivity index (χ4n) is 8.57. The number of oxime groups is 1. The lowest BCUT2D eigenvalue weighted by Gasteiger charge is -2.64. The molecule has 8 rings (SSSR count). The van der Waals surface area contributed by atoms with E-state index in [-0.39, 0.29) is 41.0 Å². The number of carbonyl (C=O) groups excluding carboxylic acids is 2. The number of amides is 2. The zero-order chi connectivity index (χ0) is 34.8. The summed E-state index contributed by atoms with van der Waals surface area (Å²) in [5, 5.41) is 11.1. The van der Waals surface area contributed by atoms with Crippen LogP contribution in [0, 0.1) is 23.2 Å². The van der Waals surface area contributed by atoms with Gasteiger partial charge in [-0.2, -0.15) is 8.78 Å². The maximum Gasteiger partial charge on any atom is 0.481 e. The highest BCUT2D eigenvalue weighted by atomic mass is 19.3. The van der Waals surface area contributed by atoms with Crippen molar-refractivity contribution >= 4 is 35.4 Å². The van der Waals surface area contributed by atoms with Gasteiger partial charge in [0.25, 0.3) is 17.4 Å². The predicted molar refractivity (Wildman–Crippen MR) is 182 cm³/mol. The minimum absolute atomic E-state index is 0.0913. The molecule has 5 aliphatic rings. The van der Waals surface area contributed by atoms with E-state index in [4.69, 9.17) is 14.1 Å². The Morgan fingerprint density at radius 3 is 2.51 bits per heavy atom. The number of rotatable bonds is 10. The van der Waals surface area contributed by atoms with E-state index in [2.05, 4.69) is 41.5 Å². The molecule has 3 aliphatic carbocycles. The van der Waals surface area contributed by atoms with E-state index in [1.165, 1.54) is 30.5 Å². The molecule has 1 unspecified atom stereocenters. The van der Waals surface area contributed by atoms with E-state index in [0.29, 0.717) is 23.6 Å². The van der Waals surface area contributed by atoms with Crippen molar-refractivity contribution in [3.05, 3.63) is 78.1 Å². The number of fused-ring (bicyclic) bond motifs is 1. The van der Waals surface area contributed by atoms with Crippen molar-refractivity contribution in [2.24, 2.45) is 28.3 Å². The van der Waals surface area contributed by atoms with E-state index in [9.17, 15) is 9.59 Å². The van der Waals surface area contributed by atoms with E-state index >= 15 is 8.78 Å². The molecular weight excluding hydrogens is 629 g/mol. The highest BCUT2D eigenvalue weighted by Gasteiger charge is 2.70. The third-order valence-electron chi connectivity index (χ3n) is 11.5. The van der Waals surface area contributed by atoms with Gasteiger partial charge in [0.1, 0.15) is 5.69 Å². The van der Waals surface area contributed by atoms with Crippen molar-refractivity contribution in [3.63, 3.8) is 0 Å². The number of aromatic nitrogens is 1. The Balaban J connectivity index is 1.13. The lowest BCUT2D eigenvalue weighted by Crippen LogP contribution is -2.65. The first-order valence-electron chi connectivity index (χ1n) is 17.2. The number of carbonyl (C=O) groups is 2. The monoisotopic (exact) mass is 672 g/mol. The van der Waals surface area contributed by atoms with Gasteiger partial charge in [0.2, 0.25) is 0 Å². The molecule has 2 amide bonds. The highest BCUT2D eigenvalue weighted by Crippen LogP contribution is 2.65. The average molecular weight is 673 g/mol. The van der Waals surface area contributed by atoms with E-state index < -0.39 is 48.4 Å². The molecule has 1 aromatic heterocycles. The van der Waals surface area contributed by atoms with Crippen molar-refractivity contribution in [3.8, 4) is 0 Å². The molecule has 4 fully saturated rings. The molecule has 2 aromatic carbocycles. The second-order valence-corrected chi connectivity index (χ2v) is 15.3. The molecule has 258 valence electrons. The van der Waals surface area contributed by atoms with Gasteiger partial charge in [0.15, 0.2) is 0 Å². The van der Waals surface area contributed by atoms with Crippen LogP contribution >= 0.6 is 0 Å². The summed E-state index contributed by atoms with van der Waals surface area (Å²) in [4.78, 5) is 37.3. The first kappa shape index (κ1) is 33.6. The Hall–Kier alpha value is -3.90. The van der Waals surface area contributed by atoms with Crippen LogP contribution < -0.4 is 10.6 Å². The lowest BCUT2D eigenvalue weighted by molar-refractivity contribution is -0.207. The van der Waals surface area contributed by atoms with E-state index in [0.717, 1.165) is 18.2 Å². The Bertz CT molecular complexity index is 1790. The average Bonchev–Trinajstić information content (AvgIpc) is 3.69. The number of nitrogens with one attached hydrogen (secondary N) is 2. The van der Waals surface area contributed by atoms with E-state index in [1.54, 1.807) is 24.3 Å². The van der Waals surface area contributed by atoms with Crippen molar-refractivity contribution in [1.82, 2.24) is 15.6 Å². The van der Waals surface area contributed by atoms with Crippen LogP contribution in [0.25, 0.3) is 10.8 Å². The molecule has 2 N–H and O–H groups in total. The van der Waals surface area contributed by atoms with Gasteiger partial charge in [0, 0.05) is 23.6 Å². The van der Waals surface area contributed by atoms with Crippen LogP contribution in [-0.4, -0.2) is 59.4 Å². The van der Waals surface area contributed by atoms with E-state index in [1.807, 2.05) is 26.0 Å². The topological polar surface area (TPSA) is 111 Å². The summed E-state index contributed by atoms with van der Waals surface area (Å²) in [5.74, 6) is -5.11. The summed E-state index contributed by atoms with van der Waals surface area (Å²) in [7, 11) is -0.812. The predicted octanol–water partition coefficient (Wildman–Crippen LogP) is 6.07. The van der Waals surface area contributed by atoms with Crippen LogP contribution in [0.4, 0.5) is 8.78 Å². The lowest BCUT2D eigenvalue weighted by atomic mass is 9.43. The minimum atomic E-state index is -3.80. The highest BCUT2D eigenvalue weighted by molar-refractivity contribution is 6.48. The zero-order valence-corrected chi connectivity index (χ0v) is 28.5. The molecule has 2 aliphatic heterocycles. The summed E-state index contributed by atoms with van der Waals surface area (Å²) in [6.45, 7) is 10.4. The Labute approximate surface area is 285 Å². The molecule has 0 radical (unpaired) electrons. The van der Waals surface area contributed by atoms with Crippen LogP contribution in [0.3, 0.4) is 0 Å². The quantitative estimate of drug-likeness (QED) is 0.253. The molecule has 0 spiro atoms. The maximum atomic E-state index is 16.7. The van der Waals surface area contributed by atoms with Gasteiger partial charge in [-0.15, -0.1) is 0 Å². The standard InChI is InChI=1S/C37H43BF2N4O5/c1-22(2)17-30(38-47-29-19-25-18-28(34(25,3)4)35(29,5)48-38)43-33(46)36(37(39,40)24-12-7-6-8-13-24)20-26(44-49-36)21-42-32(45)31-27-14-10-9-11-23(27)15-16-41-31/h6-16,22,25,28-30H,17-21H2,1-5H3,(H,42,45)(H,43,46)/t25-,28-,29+,30-,35-,36?/m0/s1. The van der Waals surface area contributed by atoms with Crippen LogP contribution in [0.1, 0.15) is 76.4 Å². The summed E-state index contributed by atoms with van der Waals surface area (Å²) in [6, 6.07) is 16.2. The smallest absolute Gasteiger partial charge is 0.404 e. The Morgan fingerprint density at radius 2 is 1.78 bits per heavy atom. The first-order chi connectivity index (χ1) is 23.3. The molecular formula is C37H43BF2N4O5. The number of benzene rings is 2. The number of halogens is 2. The van der Waals surface area contributed by atoms with Crippen LogP contribution in [0.2, 0.25) is 0 Å². The summed E-state index contributed by atoms with van der Waals surface area (Å²) in [6.07, 6.45) is 3.19. The van der Waals surface area contributed by atoms with Gasteiger partial charge < -0.3 is 24.8 Å². The van der Waals surface area contributed by atoms with Crippen molar-refractivity contribution in [1.29, 1.82) is 0 Å². The largest absolute Gasteiger partial charge is 0.481 e. The molecule has 2 bridgehead atoms. The van der Waals surface area contributed by atoms with Gasteiger partial charge in [-0.05, 0) is 60.8 Å². The van der Waals surface area contributed by atoms with Crippen LogP contribution in [0.15, 0.2) is 72.0 Å². The molecule has 1 saturated heterocycles. The summed E-state index contributed by atoms with van der Waals surface area (Å²) < 4.78 is 46.6. The summed E-state index contributed by atoms with van der Waals surface area (Å²) >= 11 is 0. The summed E-state index contributed by atoms with van der Waals surface area (Å²) in [5.41, 5.74) is -3.24. The van der Waals surface area contributed by atoms with Crippen molar-refractivity contribution < 1.29 is 32.5 Å². The van der Waals surface area contributed by atoms with Gasteiger partial charge in [0.05, 0.1) is 29.9 Å². The maximum absolute atomic E-state index is 16.7. The van der Waals surface area contributed by atoms with Crippen molar-refractivity contribution in [2.45, 2.75) is 89.5 Å². The van der Waals surface area contributed by atoms with Gasteiger partial charge in [-0.1, -0.05) is 87.4 Å². The Morgan fingerprint density at radius 1 is 1.04 bits per heavy atom. The number of hydrogen-bond acceptors (Lipinski definition) is 7. The number of alkyl halides is 2. The second kappa shape index (κ2) is 12.2. The molecule has 9 nitrogen and oxygen atoms in total. The van der Waals surface area contributed by atoms with Gasteiger partial charge in [-0.3, -0.25) is 14.6 Å². The minimum Gasteiger partial charge on any atom is -0.404 e. The fourth-order valence-corrected chi connectivity index (χ4v) is 8.57. The van der Waals surface area contributed by atoms with Crippen LogP contribution in [0.5, 0.6) is 0 Å². The molecule has 3 heterocycles. The molecule has 49 heavy (non-hydrogen) atoms. The fraction of sp³-hybridized carbons (Fsp3) is 0.514. The first-order valence-corrected chi connectivity index (χ1v) is 17.2. The molecule has 6 atom stereocenters. The third kappa shape index (κ3) is 5.51. The number of hydrogen-bond donors (Lipinski definition) is 2. The zero-order valence-electron chi connectivity index (χ0n) is 28.5. The normalized spacial score (nSPS) is 29.1. The molecule has 3 saturated carbocycles.